The lowest BCUT2D eigenvalue weighted by atomic mass is 9.82. The largest absolute Gasteiger partial charge is 0.456 e. The third-order valence-corrected chi connectivity index (χ3v) is 8.52. The Bertz CT molecular complexity index is 2190. The fourth-order valence-corrected chi connectivity index (χ4v) is 6.89. The summed E-state index contributed by atoms with van der Waals surface area (Å²) in [6.07, 6.45) is 0. The molecule has 0 atom stereocenters. The molecule has 0 saturated heterocycles. The number of para-hydroxylation sites is 2. The second-order valence-corrected chi connectivity index (χ2v) is 10.6. The highest BCUT2D eigenvalue weighted by molar-refractivity contribution is 6.26. The first kappa shape index (κ1) is 18.1. The SMILES string of the molecule is CC1(C)c2ccccc2-c2cc3c(cc21)c1cccc2c4cc5c(cc4n3c12)oc1ccccc15. The summed E-state index contributed by atoms with van der Waals surface area (Å²) in [6, 6.07) is 33.4. The van der Waals surface area contributed by atoms with E-state index in [1.54, 1.807) is 0 Å². The van der Waals surface area contributed by atoms with Crippen molar-refractivity contribution in [2.24, 2.45) is 0 Å². The number of nitrogens with zero attached hydrogens (tertiary/aromatic N) is 1. The lowest BCUT2D eigenvalue weighted by molar-refractivity contribution is 0.661. The lowest BCUT2D eigenvalue weighted by Crippen LogP contribution is -2.14. The molecule has 0 amide bonds. The number of benzene rings is 5. The monoisotopic (exact) mass is 447 g/mol. The van der Waals surface area contributed by atoms with Crippen LogP contribution in [0.2, 0.25) is 0 Å². The molecule has 1 aliphatic carbocycles. The van der Waals surface area contributed by atoms with Crippen LogP contribution in [0.1, 0.15) is 25.0 Å². The van der Waals surface area contributed by atoms with Crippen molar-refractivity contribution >= 4 is 60.0 Å². The van der Waals surface area contributed by atoms with Gasteiger partial charge in [0.2, 0.25) is 0 Å². The summed E-state index contributed by atoms with van der Waals surface area (Å²) >= 11 is 0. The van der Waals surface area contributed by atoms with Gasteiger partial charge in [-0.15, -0.1) is 0 Å². The normalized spacial score (nSPS) is 14.8. The predicted molar refractivity (Wildman–Crippen MR) is 146 cm³/mol. The number of fused-ring (bicyclic) bond motifs is 12. The van der Waals surface area contributed by atoms with Gasteiger partial charge in [0.05, 0.1) is 16.6 Å². The van der Waals surface area contributed by atoms with E-state index in [9.17, 15) is 0 Å². The van der Waals surface area contributed by atoms with Gasteiger partial charge in [-0.3, -0.25) is 0 Å². The zero-order valence-corrected chi connectivity index (χ0v) is 19.5. The number of aromatic nitrogens is 1. The number of furan rings is 1. The molecular formula is C33H21NO. The van der Waals surface area contributed by atoms with Crippen molar-refractivity contribution in [2.45, 2.75) is 19.3 Å². The van der Waals surface area contributed by atoms with E-state index in [1.165, 1.54) is 71.1 Å². The van der Waals surface area contributed by atoms with Crippen LogP contribution in [0.4, 0.5) is 0 Å². The van der Waals surface area contributed by atoms with Gasteiger partial charge in [-0.25, -0.2) is 0 Å². The maximum atomic E-state index is 6.30. The second kappa shape index (κ2) is 5.67. The Balaban J connectivity index is 1.50. The molecule has 9 rings (SSSR count). The molecule has 3 aromatic heterocycles. The summed E-state index contributed by atoms with van der Waals surface area (Å²) in [6.45, 7) is 4.71. The highest BCUT2D eigenvalue weighted by atomic mass is 16.3. The molecule has 0 aliphatic heterocycles. The van der Waals surface area contributed by atoms with Gasteiger partial charge in [0.25, 0.3) is 0 Å². The van der Waals surface area contributed by atoms with Gasteiger partial charge >= 0.3 is 0 Å². The van der Waals surface area contributed by atoms with Gasteiger partial charge in [0.15, 0.2) is 0 Å². The zero-order chi connectivity index (χ0) is 23.1. The summed E-state index contributed by atoms with van der Waals surface area (Å²) in [4.78, 5) is 0. The van der Waals surface area contributed by atoms with E-state index in [1.807, 2.05) is 6.07 Å². The van der Waals surface area contributed by atoms with E-state index in [0.717, 1.165) is 11.2 Å². The van der Waals surface area contributed by atoms with Crippen LogP contribution >= 0.6 is 0 Å². The van der Waals surface area contributed by atoms with Gasteiger partial charge in [-0.2, -0.15) is 0 Å². The highest BCUT2D eigenvalue weighted by Crippen LogP contribution is 2.51. The molecule has 0 fully saturated rings. The van der Waals surface area contributed by atoms with Crippen molar-refractivity contribution in [1.82, 2.24) is 4.40 Å². The van der Waals surface area contributed by atoms with Crippen LogP contribution < -0.4 is 0 Å². The van der Waals surface area contributed by atoms with Crippen molar-refractivity contribution < 1.29 is 4.42 Å². The van der Waals surface area contributed by atoms with Crippen LogP contribution in [-0.4, -0.2) is 4.40 Å². The molecule has 164 valence electrons. The summed E-state index contributed by atoms with van der Waals surface area (Å²) < 4.78 is 8.76. The summed E-state index contributed by atoms with van der Waals surface area (Å²) in [5.41, 5.74) is 11.2. The molecule has 0 unspecified atom stereocenters. The van der Waals surface area contributed by atoms with Crippen LogP contribution in [0, 0.1) is 0 Å². The fraction of sp³-hybridized carbons (Fsp3) is 0.0909. The molecule has 2 nitrogen and oxygen atoms in total. The Morgan fingerprint density at radius 1 is 0.543 bits per heavy atom. The minimum Gasteiger partial charge on any atom is -0.456 e. The van der Waals surface area contributed by atoms with E-state index in [2.05, 4.69) is 103 Å². The van der Waals surface area contributed by atoms with Crippen molar-refractivity contribution in [3.8, 4) is 11.1 Å². The maximum Gasteiger partial charge on any atom is 0.137 e. The van der Waals surface area contributed by atoms with Crippen molar-refractivity contribution in [3.05, 3.63) is 102 Å². The van der Waals surface area contributed by atoms with Gasteiger partial charge in [0, 0.05) is 43.8 Å². The van der Waals surface area contributed by atoms with Crippen molar-refractivity contribution in [2.75, 3.05) is 0 Å². The molecule has 2 heteroatoms. The van der Waals surface area contributed by atoms with Gasteiger partial charge in [-0.1, -0.05) is 74.5 Å². The average molecular weight is 448 g/mol. The quantitative estimate of drug-likeness (QED) is 0.227. The third kappa shape index (κ3) is 1.96. The Morgan fingerprint density at radius 2 is 1.26 bits per heavy atom. The fourth-order valence-electron chi connectivity index (χ4n) is 6.89. The van der Waals surface area contributed by atoms with Crippen LogP contribution in [0.3, 0.4) is 0 Å². The summed E-state index contributed by atoms with van der Waals surface area (Å²) in [7, 11) is 0. The first-order chi connectivity index (χ1) is 17.1. The molecule has 0 spiro atoms. The maximum absolute atomic E-state index is 6.30. The second-order valence-electron chi connectivity index (χ2n) is 10.6. The van der Waals surface area contributed by atoms with Crippen LogP contribution in [-0.2, 0) is 5.41 Å². The molecular weight excluding hydrogens is 426 g/mol. The average Bonchev–Trinajstić information content (AvgIpc) is 3.57. The molecule has 35 heavy (non-hydrogen) atoms. The zero-order valence-electron chi connectivity index (χ0n) is 19.5. The standard InChI is InChI=1S/C33H21NO/c1-33(2)26-12-5-3-8-18(26)22-16-28-24(15-27(22)33)21-11-7-10-20-23-14-25-19-9-4-6-13-30(19)35-31(25)17-29(23)34(28)32(20)21/h3-17H,1-2H3. The first-order valence-electron chi connectivity index (χ1n) is 12.3. The molecule has 0 radical (unpaired) electrons. The van der Waals surface area contributed by atoms with E-state index < -0.39 is 0 Å². The topological polar surface area (TPSA) is 17.6 Å². The van der Waals surface area contributed by atoms with E-state index in [4.69, 9.17) is 4.42 Å². The highest BCUT2D eigenvalue weighted by Gasteiger charge is 2.36. The molecule has 0 bridgehead atoms. The number of hydrogen-bond donors (Lipinski definition) is 0. The summed E-state index contributed by atoms with van der Waals surface area (Å²) in [5.74, 6) is 0. The van der Waals surface area contributed by atoms with Gasteiger partial charge < -0.3 is 8.82 Å². The van der Waals surface area contributed by atoms with E-state index >= 15 is 0 Å². The predicted octanol–water partition coefficient (Wildman–Crippen LogP) is 9.04. The van der Waals surface area contributed by atoms with Gasteiger partial charge in [-0.05, 0) is 46.5 Å². The third-order valence-electron chi connectivity index (χ3n) is 8.52. The minimum atomic E-state index is -0.00534. The smallest absolute Gasteiger partial charge is 0.137 e. The molecule has 5 aromatic carbocycles. The Kier molecular flexibility index (Phi) is 2.93. The molecule has 1 aliphatic rings. The Hall–Kier alpha value is -4.30. The van der Waals surface area contributed by atoms with E-state index in [0.29, 0.717) is 0 Å². The van der Waals surface area contributed by atoms with Crippen LogP contribution in [0.25, 0.3) is 71.2 Å². The van der Waals surface area contributed by atoms with Crippen molar-refractivity contribution in [1.29, 1.82) is 0 Å². The van der Waals surface area contributed by atoms with Crippen LogP contribution in [0.15, 0.2) is 95.4 Å². The van der Waals surface area contributed by atoms with Crippen molar-refractivity contribution in [3.63, 3.8) is 0 Å². The number of hydrogen-bond acceptors (Lipinski definition) is 1. The molecule has 3 heterocycles. The Labute approximate surface area is 201 Å². The first-order valence-corrected chi connectivity index (χ1v) is 12.3. The minimum absolute atomic E-state index is 0.00534. The molecule has 0 saturated carbocycles. The molecule has 0 N–H and O–H groups in total. The summed E-state index contributed by atoms with van der Waals surface area (Å²) in [5, 5.41) is 7.61. The molecule has 8 aromatic rings. The number of rotatable bonds is 0. The van der Waals surface area contributed by atoms with Crippen LogP contribution in [0.5, 0.6) is 0 Å². The van der Waals surface area contributed by atoms with Gasteiger partial charge in [0.1, 0.15) is 11.2 Å². The van der Waals surface area contributed by atoms with E-state index in [-0.39, 0.29) is 5.41 Å². The Morgan fingerprint density at radius 3 is 2.14 bits per heavy atom. The lowest BCUT2D eigenvalue weighted by Gasteiger charge is -2.21.